The van der Waals surface area contributed by atoms with Crippen molar-refractivity contribution in [3.05, 3.63) is 267 Å². The minimum Gasteiger partial charge on any atom is -0.0617 e. The molecule has 366 valence electrons. The number of rotatable bonds is 6. The van der Waals surface area contributed by atoms with Gasteiger partial charge in [-0.15, -0.1) is 0 Å². The summed E-state index contributed by atoms with van der Waals surface area (Å²) in [6.45, 7) is 0. The zero-order chi connectivity index (χ0) is 51.7. The van der Waals surface area contributed by atoms with E-state index in [1.54, 1.807) is 0 Å². The van der Waals surface area contributed by atoms with Gasteiger partial charge in [0.25, 0.3) is 0 Å². The summed E-state index contributed by atoms with van der Waals surface area (Å²) in [6.07, 6.45) is 0. The summed E-state index contributed by atoms with van der Waals surface area (Å²) in [5, 5.41) is 17.1. The Balaban J connectivity index is 0.823. The van der Waals surface area contributed by atoms with Crippen LogP contribution < -0.4 is 0 Å². The zero-order valence-corrected chi connectivity index (χ0v) is 44.3. The summed E-state index contributed by atoms with van der Waals surface area (Å²) in [4.78, 5) is 0. The molecule has 0 N–H and O–H groups in total. The summed E-state index contributed by atoms with van der Waals surface area (Å²) < 4.78 is 15.8. The average molecular weight is 1070 g/mol. The molecular weight excluding hydrogens is 1020 g/mol. The molecule has 14 aromatic carbocycles. The Morgan fingerprint density at radius 2 is 0.544 bits per heavy atom. The van der Waals surface area contributed by atoms with E-state index in [9.17, 15) is 0 Å². The van der Waals surface area contributed by atoms with Crippen LogP contribution in [0.1, 0.15) is 0 Å². The fourth-order valence-electron chi connectivity index (χ4n) is 13.2. The van der Waals surface area contributed by atoms with Crippen molar-refractivity contribution in [1.82, 2.24) is 0 Å². The van der Waals surface area contributed by atoms with E-state index in [2.05, 4.69) is 267 Å². The van der Waals surface area contributed by atoms with E-state index in [0.29, 0.717) is 0 Å². The Morgan fingerprint density at radius 3 is 0.962 bits per heavy atom. The van der Waals surface area contributed by atoms with Crippen molar-refractivity contribution >= 4 is 121 Å². The van der Waals surface area contributed by atoms with Gasteiger partial charge >= 0.3 is 356 Å². The fraction of sp³-hybridized carbons (Fsp3) is 0. The third kappa shape index (κ3) is 6.84. The van der Waals surface area contributed by atoms with E-state index in [-0.39, 0.29) is 14.5 Å². The normalized spacial score (nSPS) is 12.1. The molecule has 0 atom stereocenters. The number of furan rings is 2. The third-order valence-corrected chi connectivity index (χ3v) is 19.0. The number of benzene rings is 14. The zero-order valence-electron chi connectivity index (χ0n) is 42.6. The predicted octanol–water partition coefficient (Wildman–Crippen LogP) is 21.5. The summed E-state index contributed by atoms with van der Waals surface area (Å²) in [7, 11) is 0. The van der Waals surface area contributed by atoms with Crippen LogP contribution in [0.15, 0.2) is 276 Å². The van der Waals surface area contributed by atoms with Crippen molar-refractivity contribution < 1.29 is 8.83 Å². The Morgan fingerprint density at radius 1 is 0.203 bits per heavy atom. The molecule has 0 amide bonds. The van der Waals surface area contributed by atoms with Gasteiger partial charge in [0, 0.05) is 0 Å². The fourth-order valence-corrected chi connectivity index (χ4v) is 15.6. The van der Waals surface area contributed by atoms with Crippen LogP contribution in [0, 0.1) is 0 Å². The van der Waals surface area contributed by atoms with Crippen molar-refractivity contribution in [3.63, 3.8) is 0 Å². The van der Waals surface area contributed by atoms with Crippen LogP contribution in [-0.4, -0.2) is 14.5 Å². The molecule has 3 heterocycles. The maximum atomic E-state index is 6.48. The van der Waals surface area contributed by atoms with E-state index in [1.807, 2.05) is 0 Å². The van der Waals surface area contributed by atoms with Gasteiger partial charge < -0.3 is 0 Å². The third-order valence-electron chi connectivity index (χ3n) is 16.6. The molecule has 0 aliphatic carbocycles. The van der Waals surface area contributed by atoms with Crippen molar-refractivity contribution in [1.29, 1.82) is 0 Å². The Bertz CT molecular complexity index is 5250. The minimum absolute atomic E-state index is 0.0973. The molecule has 0 unspecified atom stereocenters. The Hall–Kier alpha value is -9.76. The van der Waals surface area contributed by atoms with Crippen LogP contribution in [0.25, 0.3) is 173 Å². The van der Waals surface area contributed by atoms with Gasteiger partial charge in [0.2, 0.25) is 0 Å². The van der Waals surface area contributed by atoms with Crippen LogP contribution in [0.2, 0.25) is 0 Å². The van der Waals surface area contributed by atoms with Gasteiger partial charge in [-0.3, -0.25) is 0 Å². The molecule has 2 nitrogen and oxygen atoms in total. The summed E-state index contributed by atoms with van der Waals surface area (Å²) >= 11 is 0.0973. The molecule has 0 bridgehead atoms. The SMILES string of the molecule is c1ccc(-c2ccc3oc4ccc(-c5c6ccccc6c(-c6ccc7c(c6)[se]c6cccc(-c8c9ccccc9c(-c9ccc%10oc%11ccc(-c%12ccccc%12)cc%11c%10c9)c9ccccc89)c67)c6ccccc56)cc4c3c2)cc1. The first-order valence-electron chi connectivity index (χ1n) is 27.0. The molecule has 0 radical (unpaired) electrons. The number of fused-ring (bicyclic) bond motifs is 13. The van der Waals surface area contributed by atoms with Crippen LogP contribution >= 0.6 is 0 Å². The van der Waals surface area contributed by atoms with Gasteiger partial charge in [-0.1, -0.05) is 72.8 Å². The van der Waals surface area contributed by atoms with Crippen molar-refractivity contribution in [2.45, 2.75) is 0 Å². The number of hydrogen-bond acceptors (Lipinski definition) is 2. The van der Waals surface area contributed by atoms with Crippen molar-refractivity contribution in [3.8, 4) is 66.8 Å². The molecule has 0 saturated carbocycles. The first kappa shape index (κ1) is 44.4. The van der Waals surface area contributed by atoms with E-state index in [0.717, 1.165) is 43.9 Å². The van der Waals surface area contributed by atoms with Gasteiger partial charge in [-0.2, -0.15) is 0 Å². The monoisotopic (exact) mass is 1070 g/mol. The predicted molar refractivity (Wildman–Crippen MR) is 336 cm³/mol. The van der Waals surface area contributed by atoms with Gasteiger partial charge in [0.1, 0.15) is 0 Å². The summed E-state index contributed by atoms with van der Waals surface area (Å²) in [6, 6.07) is 98.3. The van der Waals surface area contributed by atoms with E-state index < -0.39 is 0 Å². The van der Waals surface area contributed by atoms with Crippen LogP contribution in [0.3, 0.4) is 0 Å². The van der Waals surface area contributed by atoms with Gasteiger partial charge in [0.15, 0.2) is 0 Å². The Labute approximate surface area is 460 Å². The molecule has 0 spiro atoms. The van der Waals surface area contributed by atoms with Gasteiger partial charge in [0.05, 0.1) is 0 Å². The van der Waals surface area contributed by atoms with Gasteiger partial charge in [-0.25, -0.2) is 0 Å². The second-order valence-corrected chi connectivity index (χ2v) is 23.2. The molecule has 3 heteroatoms. The molecule has 0 saturated heterocycles. The number of hydrogen-bond donors (Lipinski definition) is 0. The standard InChI is InChI=1S/C76H44O2Se/c1-3-16-45(17-4-1)47-31-36-66-62(40-47)64-42-49(33-38-68(64)77-66)72-52-20-7-9-22-54(52)74(55-23-10-8-21-53(55)72)51-30-35-60-71(44-51)79-70-29-15-28-61(76(60)70)75-58-26-13-11-24-56(58)73(57-25-12-14-27-59(57)75)50-34-39-69-65(43-50)63-41-48(32-37-67(63)78-69)46-18-5-2-6-19-46/h1-44H. The van der Waals surface area contributed by atoms with Crippen LogP contribution in [0.4, 0.5) is 0 Å². The molecule has 17 rings (SSSR count). The summed E-state index contributed by atoms with van der Waals surface area (Å²) in [5.41, 5.74) is 18.3. The van der Waals surface area contributed by atoms with Gasteiger partial charge in [-0.05, 0) is 34.4 Å². The molecule has 3 aromatic heterocycles. The van der Waals surface area contributed by atoms with E-state index in [4.69, 9.17) is 8.83 Å². The maximum absolute atomic E-state index is 6.48. The quantitative estimate of drug-likeness (QED) is 0.123. The Kier molecular flexibility index (Phi) is 9.76. The van der Waals surface area contributed by atoms with E-state index >= 15 is 0 Å². The van der Waals surface area contributed by atoms with Crippen molar-refractivity contribution in [2.24, 2.45) is 0 Å². The second kappa shape index (κ2) is 17.4. The van der Waals surface area contributed by atoms with Crippen molar-refractivity contribution in [2.75, 3.05) is 0 Å². The average Bonchev–Trinajstić information content (AvgIpc) is 4.30. The molecule has 0 aliphatic heterocycles. The topological polar surface area (TPSA) is 26.3 Å². The smallest absolute Gasteiger partial charge is 0.0617 e. The molecule has 79 heavy (non-hydrogen) atoms. The van der Waals surface area contributed by atoms with Crippen LogP contribution in [-0.2, 0) is 0 Å². The molecule has 17 aromatic rings. The van der Waals surface area contributed by atoms with Crippen LogP contribution in [0.5, 0.6) is 0 Å². The minimum atomic E-state index is 0.0973. The summed E-state index contributed by atoms with van der Waals surface area (Å²) in [5.74, 6) is 0. The molecule has 0 fully saturated rings. The first-order valence-corrected chi connectivity index (χ1v) is 28.8. The van der Waals surface area contributed by atoms with E-state index in [1.165, 1.54) is 129 Å². The molecule has 0 aliphatic rings. The second-order valence-electron chi connectivity index (χ2n) is 21.0. The molecular formula is C76H44O2Se. The first-order chi connectivity index (χ1) is 39.2.